The van der Waals surface area contributed by atoms with Crippen molar-refractivity contribution in [3.8, 4) is 0 Å². The fourth-order valence-electron chi connectivity index (χ4n) is 1.56. The summed E-state index contributed by atoms with van der Waals surface area (Å²) in [5.74, 6) is -3.51. The first kappa shape index (κ1) is 17.0. The van der Waals surface area contributed by atoms with Crippen molar-refractivity contribution in [2.45, 2.75) is 26.4 Å². The Kier molecular flexibility index (Phi) is 6.16. The Bertz CT molecular complexity index is 535. The van der Waals surface area contributed by atoms with Crippen molar-refractivity contribution in [1.29, 1.82) is 0 Å². The van der Waals surface area contributed by atoms with E-state index in [1.54, 1.807) is 0 Å². The number of benzene rings is 1. The molecule has 1 amide bonds. The van der Waals surface area contributed by atoms with Gasteiger partial charge in [0, 0.05) is 13.2 Å². The molecule has 0 aromatic heterocycles. The van der Waals surface area contributed by atoms with E-state index >= 15 is 0 Å². The van der Waals surface area contributed by atoms with Gasteiger partial charge < -0.3 is 10.1 Å². The van der Waals surface area contributed by atoms with Gasteiger partial charge >= 0.3 is 0 Å². The van der Waals surface area contributed by atoms with Crippen molar-refractivity contribution < 1.29 is 23.2 Å². The Labute approximate surface area is 120 Å². The van der Waals surface area contributed by atoms with E-state index in [4.69, 9.17) is 4.74 Å². The van der Waals surface area contributed by atoms with Gasteiger partial charge in [-0.25, -0.2) is 8.78 Å². The molecular weight excluding hydrogens is 286 g/mol. The molecule has 0 saturated carbocycles. The first-order valence-corrected chi connectivity index (χ1v) is 6.36. The molecule has 0 atom stereocenters. The first-order chi connectivity index (χ1) is 9.82. The molecule has 1 aromatic carbocycles. The highest BCUT2D eigenvalue weighted by Crippen LogP contribution is 2.22. The molecule has 0 fully saturated rings. The molecule has 0 bridgehead atoms. The second-order valence-electron chi connectivity index (χ2n) is 4.57. The molecule has 1 rings (SSSR count). The van der Waals surface area contributed by atoms with Gasteiger partial charge in [-0.05, 0) is 26.3 Å². The van der Waals surface area contributed by atoms with Crippen LogP contribution in [0.3, 0.4) is 0 Å². The molecule has 0 aliphatic rings. The molecule has 0 radical (unpaired) electrons. The lowest BCUT2D eigenvalue weighted by molar-refractivity contribution is -0.385. The smallest absolute Gasteiger partial charge is 0.285 e. The summed E-state index contributed by atoms with van der Waals surface area (Å²) in [4.78, 5) is 21.6. The zero-order valence-electron chi connectivity index (χ0n) is 11.7. The molecule has 8 heteroatoms. The lowest BCUT2D eigenvalue weighted by Crippen LogP contribution is -2.26. The maximum absolute atomic E-state index is 13.1. The van der Waals surface area contributed by atoms with Gasteiger partial charge in [0.05, 0.1) is 17.1 Å². The van der Waals surface area contributed by atoms with Crippen LogP contribution in [0.2, 0.25) is 0 Å². The van der Waals surface area contributed by atoms with Crippen LogP contribution in [0.5, 0.6) is 0 Å². The number of halogens is 2. The fourth-order valence-corrected chi connectivity index (χ4v) is 1.56. The number of hydrogen-bond donors (Lipinski definition) is 1. The van der Waals surface area contributed by atoms with Crippen LogP contribution in [0.15, 0.2) is 12.1 Å². The monoisotopic (exact) mass is 302 g/mol. The zero-order valence-corrected chi connectivity index (χ0v) is 11.7. The van der Waals surface area contributed by atoms with Crippen molar-refractivity contribution in [3.63, 3.8) is 0 Å². The number of nitro benzene ring substituents is 1. The highest BCUT2D eigenvalue weighted by Gasteiger charge is 2.23. The number of hydrogen-bond acceptors (Lipinski definition) is 4. The van der Waals surface area contributed by atoms with Gasteiger partial charge in [-0.15, -0.1) is 0 Å². The number of rotatable bonds is 7. The Hall–Kier alpha value is -2.09. The number of ether oxygens (including phenoxy) is 1. The van der Waals surface area contributed by atoms with E-state index in [2.05, 4.69) is 5.32 Å². The van der Waals surface area contributed by atoms with Gasteiger partial charge in [0.1, 0.15) is 5.56 Å². The third-order valence-electron chi connectivity index (χ3n) is 2.54. The van der Waals surface area contributed by atoms with Crippen LogP contribution in [-0.4, -0.2) is 30.1 Å². The Morgan fingerprint density at radius 2 is 2.00 bits per heavy atom. The number of nitrogens with zero attached hydrogens (tertiary/aromatic N) is 1. The largest absolute Gasteiger partial charge is 0.379 e. The zero-order chi connectivity index (χ0) is 16.0. The van der Waals surface area contributed by atoms with E-state index < -0.39 is 33.7 Å². The summed E-state index contributed by atoms with van der Waals surface area (Å²) in [6.07, 6.45) is 0.564. The van der Waals surface area contributed by atoms with Crippen LogP contribution in [0.4, 0.5) is 14.5 Å². The average Bonchev–Trinajstić information content (AvgIpc) is 2.40. The van der Waals surface area contributed by atoms with E-state index in [9.17, 15) is 23.7 Å². The average molecular weight is 302 g/mol. The van der Waals surface area contributed by atoms with Crippen LogP contribution in [0.25, 0.3) is 0 Å². The van der Waals surface area contributed by atoms with E-state index in [-0.39, 0.29) is 12.6 Å². The van der Waals surface area contributed by atoms with Gasteiger partial charge in [-0.2, -0.15) is 0 Å². The molecule has 0 heterocycles. The molecule has 0 aliphatic heterocycles. The second-order valence-corrected chi connectivity index (χ2v) is 4.57. The molecular formula is C13H16F2N2O4. The summed E-state index contributed by atoms with van der Waals surface area (Å²) < 4.78 is 31.4. The van der Waals surface area contributed by atoms with E-state index in [0.29, 0.717) is 25.2 Å². The fraction of sp³-hybridized carbons (Fsp3) is 0.462. The Morgan fingerprint density at radius 1 is 1.38 bits per heavy atom. The highest BCUT2D eigenvalue weighted by molar-refractivity contribution is 5.98. The third-order valence-corrected chi connectivity index (χ3v) is 2.54. The Morgan fingerprint density at radius 3 is 2.57 bits per heavy atom. The van der Waals surface area contributed by atoms with E-state index in [1.165, 1.54) is 0 Å². The van der Waals surface area contributed by atoms with E-state index in [0.717, 1.165) is 0 Å². The number of carbonyl (C=O) groups is 1. The molecule has 0 spiro atoms. The summed E-state index contributed by atoms with van der Waals surface area (Å²) in [7, 11) is 0. The van der Waals surface area contributed by atoms with Crippen LogP contribution < -0.4 is 5.32 Å². The minimum Gasteiger partial charge on any atom is -0.379 e. The number of carbonyl (C=O) groups excluding carboxylic acids is 1. The summed E-state index contributed by atoms with van der Waals surface area (Å²) >= 11 is 0. The second kappa shape index (κ2) is 7.63. The summed E-state index contributed by atoms with van der Waals surface area (Å²) in [6.45, 7) is 4.35. The van der Waals surface area contributed by atoms with Crippen LogP contribution in [0.1, 0.15) is 30.6 Å². The maximum Gasteiger partial charge on any atom is 0.285 e. The number of nitrogens with one attached hydrogen (secondary N) is 1. The molecule has 1 N–H and O–H groups in total. The Balaban J connectivity index is 2.69. The normalized spacial score (nSPS) is 10.7. The van der Waals surface area contributed by atoms with Gasteiger partial charge in [0.15, 0.2) is 11.6 Å². The molecule has 0 aliphatic carbocycles. The van der Waals surface area contributed by atoms with Crippen molar-refractivity contribution in [2.24, 2.45) is 0 Å². The van der Waals surface area contributed by atoms with Crippen molar-refractivity contribution in [2.75, 3.05) is 13.2 Å². The van der Waals surface area contributed by atoms with Crippen LogP contribution in [0, 0.1) is 21.7 Å². The minimum absolute atomic E-state index is 0.0629. The van der Waals surface area contributed by atoms with Crippen molar-refractivity contribution in [1.82, 2.24) is 5.32 Å². The van der Waals surface area contributed by atoms with Gasteiger partial charge in [-0.3, -0.25) is 14.9 Å². The van der Waals surface area contributed by atoms with E-state index in [1.807, 2.05) is 13.8 Å². The molecule has 116 valence electrons. The molecule has 21 heavy (non-hydrogen) atoms. The van der Waals surface area contributed by atoms with Gasteiger partial charge in [-0.1, -0.05) is 0 Å². The van der Waals surface area contributed by atoms with Gasteiger partial charge in [0.25, 0.3) is 11.6 Å². The summed E-state index contributed by atoms with van der Waals surface area (Å²) in [6, 6.07) is 0.916. The third kappa shape index (κ3) is 5.07. The number of amides is 1. The SMILES string of the molecule is CC(C)OCCCNC(=O)c1cc(F)c(F)cc1[N+](=O)[O-]. The summed E-state index contributed by atoms with van der Waals surface area (Å²) in [5, 5.41) is 13.2. The first-order valence-electron chi connectivity index (χ1n) is 6.36. The highest BCUT2D eigenvalue weighted by atomic mass is 19.2. The minimum atomic E-state index is -1.37. The number of nitro groups is 1. The van der Waals surface area contributed by atoms with Gasteiger partial charge in [0.2, 0.25) is 0 Å². The maximum atomic E-state index is 13.1. The standard InChI is InChI=1S/C13H16F2N2O4/c1-8(2)21-5-3-4-16-13(18)9-6-10(14)11(15)7-12(9)17(19)20/h6-8H,3-5H2,1-2H3,(H,16,18). The quantitative estimate of drug-likeness (QED) is 0.476. The molecule has 6 nitrogen and oxygen atoms in total. The molecule has 0 saturated heterocycles. The molecule has 0 unspecified atom stereocenters. The van der Waals surface area contributed by atoms with Crippen molar-refractivity contribution >= 4 is 11.6 Å². The predicted octanol–water partition coefficient (Wildman–Crippen LogP) is 2.42. The van der Waals surface area contributed by atoms with Crippen LogP contribution >= 0.6 is 0 Å². The summed E-state index contributed by atoms with van der Waals surface area (Å²) in [5.41, 5.74) is -1.28. The lowest BCUT2D eigenvalue weighted by Gasteiger charge is -2.08. The van der Waals surface area contributed by atoms with Crippen LogP contribution in [-0.2, 0) is 4.74 Å². The lowest BCUT2D eigenvalue weighted by atomic mass is 10.1. The topological polar surface area (TPSA) is 81.5 Å². The predicted molar refractivity (Wildman–Crippen MR) is 71.1 cm³/mol. The molecule has 1 aromatic rings. The van der Waals surface area contributed by atoms with Crippen molar-refractivity contribution in [3.05, 3.63) is 39.4 Å².